The van der Waals surface area contributed by atoms with Gasteiger partial charge in [0.15, 0.2) is 5.82 Å². The number of benzene rings is 3. The average molecular weight is 357 g/mol. The number of rotatable bonds is 4. The summed E-state index contributed by atoms with van der Waals surface area (Å²) >= 11 is 0. The van der Waals surface area contributed by atoms with Crippen molar-refractivity contribution in [1.29, 1.82) is 0 Å². The summed E-state index contributed by atoms with van der Waals surface area (Å²) in [5.41, 5.74) is 8.59. The van der Waals surface area contributed by atoms with E-state index in [1.807, 2.05) is 42.5 Å². The van der Waals surface area contributed by atoms with Crippen molar-refractivity contribution < 1.29 is 4.92 Å². The zero-order valence-corrected chi connectivity index (χ0v) is 14.2. The third-order valence-electron chi connectivity index (χ3n) is 4.07. The summed E-state index contributed by atoms with van der Waals surface area (Å²) in [6, 6.07) is 21.2. The molecule has 7 heteroatoms. The van der Waals surface area contributed by atoms with Crippen molar-refractivity contribution in [2.24, 2.45) is 0 Å². The molecule has 27 heavy (non-hydrogen) atoms. The van der Waals surface area contributed by atoms with E-state index in [2.05, 4.69) is 15.3 Å². The molecule has 0 unspecified atom stereocenters. The van der Waals surface area contributed by atoms with Crippen LogP contribution in [-0.2, 0) is 0 Å². The molecule has 0 bridgehead atoms. The number of nitrogen functional groups attached to an aromatic ring is 1. The lowest BCUT2D eigenvalue weighted by Crippen LogP contribution is -2.00. The fourth-order valence-corrected chi connectivity index (χ4v) is 2.81. The van der Waals surface area contributed by atoms with E-state index in [9.17, 15) is 10.1 Å². The third kappa shape index (κ3) is 3.38. The molecule has 0 radical (unpaired) electrons. The molecule has 0 saturated carbocycles. The second-order valence-electron chi connectivity index (χ2n) is 5.97. The molecule has 3 aromatic carbocycles. The maximum absolute atomic E-state index is 11.1. The van der Waals surface area contributed by atoms with Gasteiger partial charge in [-0.25, -0.2) is 9.97 Å². The average Bonchev–Trinajstić information content (AvgIpc) is 2.68. The van der Waals surface area contributed by atoms with Crippen LogP contribution in [0.5, 0.6) is 0 Å². The predicted molar refractivity (Wildman–Crippen MR) is 106 cm³/mol. The van der Waals surface area contributed by atoms with Crippen molar-refractivity contribution in [3.05, 3.63) is 82.9 Å². The van der Waals surface area contributed by atoms with Crippen LogP contribution in [0.1, 0.15) is 0 Å². The molecule has 1 heterocycles. The Hall–Kier alpha value is -4.00. The van der Waals surface area contributed by atoms with Crippen LogP contribution < -0.4 is 11.1 Å². The number of nitrogens with two attached hydrogens (primary N) is 1. The van der Waals surface area contributed by atoms with Gasteiger partial charge >= 0.3 is 0 Å². The Morgan fingerprint density at radius 1 is 0.926 bits per heavy atom. The van der Waals surface area contributed by atoms with Crippen LogP contribution in [0.3, 0.4) is 0 Å². The standard InChI is InChI=1S/C20H15N5O2/c21-14-6-4-7-15(12-14)22-20-17-9-1-2-10-18(17)23-19(24-20)13-5-3-8-16(11-13)25(26)27/h1-12H,21H2,(H,22,23,24). The van der Waals surface area contributed by atoms with Gasteiger partial charge in [-0.05, 0) is 30.3 Å². The van der Waals surface area contributed by atoms with Gasteiger partial charge < -0.3 is 11.1 Å². The molecular weight excluding hydrogens is 342 g/mol. The number of nitro groups is 1. The Morgan fingerprint density at radius 2 is 1.74 bits per heavy atom. The number of aromatic nitrogens is 2. The zero-order chi connectivity index (χ0) is 18.8. The van der Waals surface area contributed by atoms with Crippen LogP contribution in [0, 0.1) is 10.1 Å². The van der Waals surface area contributed by atoms with Gasteiger partial charge in [0.1, 0.15) is 5.82 Å². The molecule has 132 valence electrons. The third-order valence-corrected chi connectivity index (χ3v) is 4.07. The molecule has 1 aromatic heterocycles. The zero-order valence-electron chi connectivity index (χ0n) is 14.2. The van der Waals surface area contributed by atoms with Crippen molar-refractivity contribution in [3.8, 4) is 11.4 Å². The highest BCUT2D eigenvalue weighted by molar-refractivity contribution is 5.92. The number of anilines is 3. The maximum atomic E-state index is 11.1. The summed E-state index contributed by atoms with van der Waals surface area (Å²) in [6.07, 6.45) is 0. The number of para-hydroxylation sites is 1. The van der Waals surface area contributed by atoms with E-state index in [0.717, 1.165) is 16.6 Å². The fourth-order valence-electron chi connectivity index (χ4n) is 2.81. The van der Waals surface area contributed by atoms with Crippen LogP contribution >= 0.6 is 0 Å². The largest absolute Gasteiger partial charge is 0.399 e. The van der Waals surface area contributed by atoms with Crippen LogP contribution in [-0.4, -0.2) is 14.9 Å². The van der Waals surface area contributed by atoms with Crippen LogP contribution in [0.25, 0.3) is 22.3 Å². The molecule has 0 saturated heterocycles. The van der Waals surface area contributed by atoms with Gasteiger partial charge in [-0.1, -0.05) is 30.3 Å². The lowest BCUT2D eigenvalue weighted by Gasteiger charge is -2.11. The minimum absolute atomic E-state index is 0.00500. The van der Waals surface area contributed by atoms with Gasteiger partial charge in [0.25, 0.3) is 5.69 Å². The Morgan fingerprint density at radius 3 is 2.56 bits per heavy atom. The fraction of sp³-hybridized carbons (Fsp3) is 0. The summed E-state index contributed by atoms with van der Waals surface area (Å²) in [5.74, 6) is 1.01. The number of hydrogen-bond acceptors (Lipinski definition) is 6. The number of non-ortho nitro benzene ring substituents is 1. The highest BCUT2D eigenvalue weighted by atomic mass is 16.6. The quantitative estimate of drug-likeness (QED) is 0.316. The minimum Gasteiger partial charge on any atom is -0.399 e. The van der Waals surface area contributed by atoms with Crippen molar-refractivity contribution in [2.75, 3.05) is 11.1 Å². The van der Waals surface area contributed by atoms with Crippen LogP contribution in [0.15, 0.2) is 72.8 Å². The summed E-state index contributed by atoms with van der Waals surface area (Å²) in [4.78, 5) is 19.8. The Balaban J connectivity index is 1.86. The van der Waals surface area contributed by atoms with Crippen LogP contribution in [0.4, 0.5) is 22.9 Å². The van der Waals surface area contributed by atoms with Gasteiger partial charge in [-0.15, -0.1) is 0 Å². The van der Waals surface area contributed by atoms with E-state index in [-0.39, 0.29) is 5.69 Å². The molecule has 0 aliphatic carbocycles. The molecule has 0 spiro atoms. The van der Waals surface area contributed by atoms with Crippen molar-refractivity contribution in [1.82, 2.24) is 9.97 Å². The van der Waals surface area contributed by atoms with E-state index < -0.39 is 4.92 Å². The number of hydrogen-bond donors (Lipinski definition) is 2. The second kappa shape index (κ2) is 6.72. The first-order valence-electron chi connectivity index (χ1n) is 8.24. The second-order valence-corrected chi connectivity index (χ2v) is 5.97. The van der Waals surface area contributed by atoms with E-state index in [0.29, 0.717) is 22.9 Å². The van der Waals surface area contributed by atoms with Gasteiger partial charge in [0.2, 0.25) is 0 Å². The van der Waals surface area contributed by atoms with Crippen molar-refractivity contribution in [2.45, 2.75) is 0 Å². The molecule has 0 fully saturated rings. The highest BCUT2D eigenvalue weighted by Crippen LogP contribution is 2.29. The molecule has 7 nitrogen and oxygen atoms in total. The Kier molecular flexibility index (Phi) is 4.10. The monoisotopic (exact) mass is 357 g/mol. The molecule has 4 rings (SSSR count). The van der Waals surface area contributed by atoms with Crippen molar-refractivity contribution >= 4 is 33.8 Å². The molecule has 0 aliphatic rings. The van der Waals surface area contributed by atoms with Crippen LogP contribution in [0.2, 0.25) is 0 Å². The number of nitrogens with one attached hydrogen (secondary N) is 1. The molecular formula is C20H15N5O2. The van der Waals surface area contributed by atoms with Crippen molar-refractivity contribution in [3.63, 3.8) is 0 Å². The summed E-state index contributed by atoms with van der Waals surface area (Å²) in [5, 5.41) is 15.2. The number of nitro benzene ring substituents is 1. The Bertz CT molecular complexity index is 1160. The SMILES string of the molecule is Nc1cccc(Nc2nc(-c3cccc([N+](=O)[O-])c3)nc3ccccc23)c1. The van der Waals surface area contributed by atoms with Gasteiger partial charge in [0, 0.05) is 34.5 Å². The molecule has 4 aromatic rings. The van der Waals surface area contributed by atoms with Gasteiger partial charge in [0.05, 0.1) is 10.4 Å². The maximum Gasteiger partial charge on any atom is 0.270 e. The first-order valence-corrected chi connectivity index (χ1v) is 8.24. The normalized spacial score (nSPS) is 10.7. The van der Waals surface area contributed by atoms with E-state index in [1.165, 1.54) is 12.1 Å². The summed E-state index contributed by atoms with van der Waals surface area (Å²) < 4.78 is 0. The van der Waals surface area contributed by atoms with Gasteiger partial charge in [-0.3, -0.25) is 10.1 Å². The summed E-state index contributed by atoms with van der Waals surface area (Å²) in [6.45, 7) is 0. The molecule has 0 amide bonds. The molecule has 0 aliphatic heterocycles. The number of nitrogens with zero attached hydrogens (tertiary/aromatic N) is 3. The topological polar surface area (TPSA) is 107 Å². The molecule has 0 atom stereocenters. The highest BCUT2D eigenvalue weighted by Gasteiger charge is 2.13. The number of fused-ring (bicyclic) bond motifs is 1. The Labute approximate surface area is 154 Å². The van der Waals surface area contributed by atoms with E-state index in [4.69, 9.17) is 5.73 Å². The lowest BCUT2D eigenvalue weighted by molar-refractivity contribution is -0.384. The van der Waals surface area contributed by atoms with Gasteiger partial charge in [-0.2, -0.15) is 0 Å². The smallest absolute Gasteiger partial charge is 0.270 e. The van der Waals surface area contributed by atoms with E-state index in [1.54, 1.807) is 18.2 Å². The predicted octanol–water partition coefficient (Wildman–Crippen LogP) is 4.53. The first kappa shape index (κ1) is 16.5. The first-order chi connectivity index (χ1) is 13.1. The lowest BCUT2D eigenvalue weighted by atomic mass is 10.1. The minimum atomic E-state index is -0.434. The van der Waals surface area contributed by atoms with E-state index >= 15 is 0 Å². The summed E-state index contributed by atoms with van der Waals surface area (Å²) in [7, 11) is 0. The molecule has 3 N–H and O–H groups in total.